The predicted octanol–water partition coefficient (Wildman–Crippen LogP) is 1.10. The molecule has 0 atom stereocenters. The molecular weight excluding hydrogens is 240 g/mol. The molecule has 0 unspecified atom stereocenters. The van der Waals surface area contributed by atoms with Crippen molar-refractivity contribution in [2.24, 2.45) is 5.73 Å². The van der Waals surface area contributed by atoms with E-state index in [0.29, 0.717) is 24.8 Å². The third kappa shape index (κ3) is 2.47. The zero-order valence-electron chi connectivity index (χ0n) is 9.03. The number of benzene rings is 1. The molecule has 0 bridgehead atoms. The Morgan fingerprint density at radius 1 is 1.47 bits per heavy atom. The number of thiazole rings is 1. The number of aromatic amines is 1. The minimum Gasteiger partial charge on any atom is -0.506 e. The highest BCUT2D eigenvalue weighted by molar-refractivity contribution is 7.16. The molecule has 0 aliphatic heterocycles. The average Bonchev–Trinajstić information content (AvgIpc) is 2.64. The number of phenolic OH excluding ortho intramolecular Hbond substituents is 1. The first-order valence-corrected chi connectivity index (χ1v) is 6.01. The molecule has 0 aliphatic carbocycles. The van der Waals surface area contributed by atoms with Gasteiger partial charge in [0.05, 0.1) is 4.70 Å². The predicted molar refractivity (Wildman–Crippen MR) is 66.2 cm³/mol. The quantitative estimate of drug-likeness (QED) is 0.760. The zero-order chi connectivity index (χ0) is 12.4. The van der Waals surface area contributed by atoms with Crippen LogP contribution in [0.25, 0.3) is 10.2 Å². The number of aryl methyl sites for hydroxylation is 1. The highest BCUT2D eigenvalue weighted by Crippen LogP contribution is 2.28. The maximum atomic E-state index is 11.3. The maximum Gasteiger partial charge on any atom is 0.305 e. The summed E-state index contributed by atoms with van der Waals surface area (Å²) in [5.74, 6) is -0.265. The Labute approximate surface area is 101 Å². The summed E-state index contributed by atoms with van der Waals surface area (Å²) in [6.07, 6.45) is 1.62. The van der Waals surface area contributed by atoms with Crippen molar-refractivity contribution >= 4 is 27.5 Å². The van der Waals surface area contributed by atoms with Gasteiger partial charge in [0.2, 0.25) is 5.91 Å². The molecule has 90 valence electrons. The van der Waals surface area contributed by atoms with Gasteiger partial charge in [0, 0.05) is 6.42 Å². The van der Waals surface area contributed by atoms with Gasteiger partial charge in [-0.2, -0.15) is 0 Å². The number of phenols is 1. The van der Waals surface area contributed by atoms with Crippen LogP contribution in [0.4, 0.5) is 0 Å². The summed E-state index contributed by atoms with van der Waals surface area (Å²) in [7, 11) is 0. The van der Waals surface area contributed by atoms with Crippen LogP contribution in [0.1, 0.15) is 18.4 Å². The summed E-state index contributed by atoms with van der Waals surface area (Å²) < 4.78 is 0.750. The van der Waals surface area contributed by atoms with E-state index in [4.69, 9.17) is 5.73 Å². The Hall–Kier alpha value is -1.82. The van der Waals surface area contributed by atoms with E-state index >= 15 is 0 Å². The molecule has 0 aliphatic rings. The SMILES string of the molecule is NC(=O)CCCc1ccc(O)c2[nH]c(=O)sc12. The molecule has 1 aromatic carbocycles. The highest BCUT2D eigenvalue weighted by atomic mass is 32.1. The van der Waals surface area contributed by atoms with Gasteiger partial charge in [-0.1, -0.05) is 17.4 Å². The van der Waals surface area contributed by atoms with Crippen LogP contribution >= 0.6 is 11.3 Å². The number of carbonyl (C=O) groups is 1. The van der Waals surface area contributed by atoms with Crippen molar-refractivity contribution in [1.82, 2.24) is 4.98 Å². The molecule has 5 nitrogen and oxygen atoms in total. The van der Waals surface area contributed by atoms with E-state index in [9.17, 15) is 14.7 Å². The second-order valence-corrected chi connectivity index (χ2v) is 4.77. The lowest BCUT2D eigenvalue weighted by Crippen LogP contribution is -2.10. The summed E-state index contributed by atoms with van der Waals surface area (Å²) >= 11 is 1.06. The third-order valence-corrected chi connectivity index (χ3v) is 3.47. The van der Waals surface area contributed by atoms with E-state index in [1.54, 1.807) is 12.1 Å². The van der Waals surface area contributed by atoms with Gasteiger partial charge in [0.25, 0.3) is 0 Å². The van der Waals surface area contributed by atoms with E-state index in [-0.39, 0.29) is 16.5 Å². The van der Waals surface area contributed by atoms with Gasteiger partial charge in [-0.3, -0.25) is 9.59 Å². The van der Waals surface area contributed by atoms with E-state index in [2.05, 4.69) is 4.98 Å². The van der Waals surface area contributed by atoms with E-state index in [1.165, 1.54) is 0 Å². The van der Waals surface area contributed by atoms with Crippen LogP contribution in [-0.4, -0.2) is 16.0 Å². The topological polar surface area (TPSA) is 96.2 Å². The van der Waals surface area contributed by atoms with Gasteiger partial charge in [-0.25, -0.2) is 0 Å². The fourth-order valence-electron chi connectivity index (χ4n) is 1.72. The minimum atomic E-state index is -0.331. The number of H-pyrrole nitrogens is 1. The van der Waals surface area contributed by atoms with Crippen LogP contribution in [0.5, 0.6) is 5.75 Å². The summed E-state index contributed by atoms with van der Waals surface area (Å²) in [6.45, 7) is 0. The summed E-state index contributed by atoms with van der Waals surface area (Å²) in [5, 5.41) is 9.59. The molecule has 4 N–H and O–H groups in total. The average molecular weight is 252 g/mol. The largest absolute Gasteiger partial charge is 0.506 e. The molecule has 17 heavy (non-hydrogen) atoms. The molecule has 0 saturated heterocycles. The number of hydrogen-bond acceptors (Lipinski definition) is 4. The van der Waals surface area contributed by atoms with Crippen molar-refractivity contribution in [2.45, 2.75) is 19.3 Å². The van der Waals surface area contributed by atoms with Crippen molar-refractivity contribution in [3.05, 3.63) is 27.4 Å². The zero-order valence-corrected chi connectivity index (χ0v) is 9.84. The molecule has 1 aromatic heterocycles. The first-order valence-electron chi connectivity index (χ1n) is 5.20. The number of primary amides is 1. The molecule has 2 rings (SSSR count). The molecule has 0 spiro atoms. The van der Waals surface area contributed by atoms with Crippen LogP contribution in [-0.2, 0) is 11.2 Å². The summed E-state index contributed by atoms with van der Waals surface area (Å²) in [5.41, 5.74) is 6.48. The van der Waals surface area contributed by atoms with Crippen molar-refractivity contribution in [3.8, 4) is 5.75 Å². The Balaban J connectivity index is 2.31. The van der Waals surface area contributed by atoms with E-state index in [0.717, 1.165) is 21.6 Å². The Morgan fingerprint density at radius 3 is 2.94 bits per heavy atom. The second kappa shape index (κ2) is 4.58. The second-order valence-electron chi connectivity index (χ2n) is 3.78. The van der Waals surface area contributed by atoms with E-state index < -0.39 is 0 Å². The van der Waals surface area contributed by atoms with Gasteiger partial charge in [-0.15, -0.1) is 0 Å². The van der Waals surface area contributed by atoms with Crippen LogP contribution in [0.3, 0.4) is 0 Å². The number of aromatic hydroxyl groups is 1. The smallest absolute Gasteiger partial charge is 0.305 e. The molecule has 1 heterocycles. The molecule has 0 radical (unpaired) electrons. The molecule has 1 amide bonds. The lowest BCUT2D eigenvalue weighted by Gasteiger charge is -2.02. The van der Waals surface area contributed by atoms with Crippen LogP contribution in [0.15, 0.2) is 16.9 Å². The molecule has 6 heteroatoms. The number of amides is 1. The number of rotatable bonds is 4. The number of nitrogens with two attached hydrogens (primary N) is 1. The van der Waals surface area contributed by atoms with Gasteiger partial charge >= 0.3 is 4.87 Å². The van der Waals surface area contributed by atoms with Gasteiger partial charge in [0.1, 0.15) is 11.3 Å². The van der Waals surface area contributed by atoms with Crippen molar-refractivity contribution in [2.75, 3.05) is 0 Å². The number of carbonyl (C=O) groups excluding carboxylic acids is 1. The van der Waals surface area contributed by atoms with Gasteiger partial charge < -0.3 is 15.8 Å². The molecular formula is C11H12N2O3S. The van der Waals surface area contributed by atoms with Crippen molar-refractivity contribution in [3.63, 3.8) is 0 Å². The maximum absolute atomic E-state index is 11.3. The first kappa shape index (κ1) is 11.7. The first-order chi connectivity index (χ1) is 8.08. The monoisotopic (exact) mass is 252 g/mol. The molecule has 0 fully saturated rings. The molecule has 0 saturated carbocycles. The standard InChI is InChI=1S/C11H12N2O3S/c12-8(15)3-1-2-6-4-5-7(14)9-10(6)17-11(16)13-9/h4-5,14H,1-3H2,(H2,12,15)(H,13,16). The van der Waals surface area contributed by atoms with Crippen LogP contribution in [0.2, 0.25) is 0 Å². The normalized spacial score (nSPS) is 10.8. The highest BCUT2D eigenvalue weighted by Gasteiger charge is 2.09. The lowest BCUT2D eigenvalue weighted by molar-refractivity contribution is -0.118. The minimum absolute atomic E-state index is 0.0667. The fraction of sp³-hybridized carbons (Fsp3) is 0.273. The number of nitrogens with one attached hydrogen (secondary N) is 1. The fourth-order valence-corrected chi connectivity index (χ4v) is 2.62. The number of hydrogen-bond donors (Lipinski definition) is 3. The Kier molecular flexibility index (Phi) is 3.14. The number of aromatic nitrogens is 1. The Morgan fingerprint density at radius 2 is 2.24 bits per heavy atom. The van der Waals surface area contributed by atoms with Gasteiger partial charge in [0.15, 0.2) is 0 Å². The Bertz CT molecular complexity index is 615. The number of fused-ring (bicyclic) bond motifs is 1. The van der Waals surface area contributed by atoms with Crippen molar-refractivity contribution < 1.29 is 9.90 Å². The van der Waals surface area contributed by atoms with Crippen LogP contribution < -0.4 is 10.6 Å². The van der Waals surface area contributed by atoms with Gasteiger partial charge in [-0.05, 0) is 24.5 Å². The van der Waals surface area contributed by atoms with E-state index in [1.807, 2.05) is 0 Å². The molecule has 2 aromatic rings. The third-order valence-electron chi connectivity index (χ3n) is 2.51. The summed E-state index contributed by atoms with van der Waals surface area (Å²) in [4.78, 5) is 24.3. The lowest BCUT2D eigenvalue weighted by atomic mass is 10.1. The van der Waals surface area contributed by atoms with Crippen molar-refractivity contribution in [1.29, 1.82) is 0 Å². The summed E-state index contributed by atoms with van der Waals surface area (Å²) in [6, 6.07) is 3.31. The van der Waals surface area contributed by atoms with Crippen LogP contribution in [0, 0.1) is 0 Å².